The lowest BCUT2D eigenvalue weighted by Gasteiger charge is -2.17. The van der Waals surface area contributed by atoms with E-state index in [2.05, 4.69) is 34.5 Å². The maximum absolute atomic E-state index is 12.2. The van der Waals surface area contributed by atoms with Gasteiger partial charge >= 0.3 is 0 Å². The molecule has 2 aromatic rings. The zero-order chi connectivity index (χ0) is 18.9. The van der Waals surface area contributed by atoms with Crippen molar-refractivity contribution < 1.29 is 4.79 Å². The van der Waals surface area contributed by atoms with Gasteiger partial charge in [0, 0.05) is 29.4 Å². The summed E-state index contributed by atoms with van der Waals surface area (Å²) >= 11 is 7.65. The number of carbonyl (C=O) groups excluding carboxylic acids is 1. The van der Waals surface area contributed by atoms with Gasteiger partial charge in [0.25, 0.3) is 0 Å². The minimum Gasteiger partial charge on any atom is -0.352 e. The van der Waals surface area contributed by atoms with E-state index in [0.717, 1.165) is 23.7 Å². The first-order valence-corrected chi connectivity index (χ1v) is 11.0. The molecule has 0 aliphatic carbocycles. The summed E-state index contributed by atoms with van der Waals surface area (Å²) in [6, 6.07) is 16.3. The fourth-order valence-corrected chi connectivity index (χ4v) is 4.28. The van der Waals surface area contributed by atoms with E-state index in [-0.39, 0.29) is 5.91 Å². The molecule has 0 saturated carbocycles. The first kappa shape index (κ1) is 20.2. The Labute approximate surface area is 171 Å². The van der Waals surface area contributed by atoms with E-state index in [4.69, 9.17) is 11.6 Å². The summed E-state index contributed by atoms with van der Waals surface area (Å²) in [6.07, 6.45) is 4.03. The number of hydrogen-bond donors (Lipinski definition) is 1. The first-order valence-electron chi connectivity index (χ1n) is 9.65. The molecule has 1 N–H and O–H groups in total. The van der Waals surface area contributed by atoms with Crippen molar-refractivity contribution >= 4 is 29.3 Å². The molecule has 1 aliphatic heterocycles. The summed E-state index contributed by atoms with van der Waals surface area (Å²) in [5.74, 6) is 1.06. The van der Waals surface area contributed by atoms with Crippen LogP contribution >= 0.6 is 23.4 Å². The van der Waals surface area contributed by atoms with Gasteiger partial charge in [-0.05, 0) is 73.5 Å². The Bertz CT molecular complexity index is 729. The van der Waals surface area contributed by atoms with Crippen molar-refractivity contribution in [2.24, 2.45) is 0 Å². The van der Waals surface area contributed by atoms with Gasteiger partial charge < -0.3 is 5.32 Å². The number of likely N-dealkylation sites (tertiary alicyclic amines) is 1. The number of rotatable bonds is 9. The van der Waals surface area contributed by atoms with Gasteiger partial charge in [0.2, 0.25) is 5.91 Å². The second-order valence-electron chi connectivity index (χ2n) is 6.93. The molecule has 5 heteroatoms. The van der Waals surface area contributed by atoms with Gasteiger partial charge in [-0.1, -0.05) is 35.9 Å². The predicted molar refractivity (Wildman–Crippen MR) is 114 cm³/mol. The van der Waals surface area contributed by atoms with Crippen molar-refractivity contribution in [3.05, 3.63) is 64.7 Å². The third-order valence-corrected chi connectivity index (χ3v) is 6.17. The molecule has 1 amide bonds. The molecule has 0 radical (unpaired) electrons. The summed E-state index contributed by atoms with van der Waals surface area (Å²) in [5, 5.41) is 3.84. The molecular formula is C22H27ClN2OS. The highest BCUT2D eigenvalue weighted by Crippen LogP contribution is 2.21. The topological polar surface area (TPSA) is 32.3 Å². The number of thioether (sulfide) groups is 1. The molecular weight excluding hydrogens is 376 g/mol. The molecule has 1 saturated heterocycles. The third kappa shape index (κ3) is 6.87. The number of nitrogens with one attached hydrogen (secondary N) is 1. The second-order valence-corrected chi connectivity index (χ2v) is 8.54. The Balaban J connectivity index is 1.38. The predicted octanol–water partition coefficient (Wildman–Crippen LogP) is 5.12. The summed E-state index contributed by atoms with van der Waals surface area (Å²) < 4.78 is 0. The molecule has 0 spiro atoms. The molecule has 144 valence electrons. The lowest BCUT2D eigenvalue weighted by Crippen LogP contribution is -2.24. The van der Waals surface area contributed by atoms with Crippen molar-refractivity contribution in [3.8, 4) is 0 Å². The molecule has 3 rings (SSSR count). The number of halogens is 1. The van der Waals surface area contributed by atoms with Crippen molar-refractivity contribution in [1.29, 1.82) is 0 Å². The molecule has 27 heavy (non-hydrogen) atoms. The molecule has 0 atom stereocenters. The highest BCUT2D eigenvalue weighted by Gasteiger charge is 2.13. The Hall–Kier alpha value is -1.49. The van der Waals surface area contributed by atoms with E-state index >= 15 is 0 Å². The van der Waals surface area contributed by atoms with E-state index in [1.807, 2.05) is 24.3 Å². The summed E-state index contributed by atoms with van der Waals surface area (Å²) in [6.45, 7) is 3.98. The number of benzene rings is 2. The molecule has 0 bridgehead atoms. The van der Waals surface area contributed by atoms with Gasteiger partial charge in [0.05, 0.1) is 0 Å². The molecule has 3 nitrogen and oxygen atoms in total. The number of carbonyl (C=O) groups is 1. The molecule has 1 aliphatic rings. The molecule has 0 unspecified atom stereocenters. The lowest BCUT2D eigenvalue weighted by molar-refractivity contribution is -0.121. The van der Waals surface area contributed by atoms with Crippen LogP contribution in [0, 0.1) is 0 Å². The maximum atomic E-state index is 12.2. The van der Waals surface area contributed by atoms with Crippen LogP contribution in [0.15, 0.2) is 53.4 Å². The molecule has 2 aromatic carbocycles. The minimum absolute atomic E-state index is 0.127. The number of amides is 1. The van der Waals surface area contributed by atoms with Crippen LogP contribution in [-0.2, 0) is 17.9 Å². The first-order chi connectivity index (χ1) is 13.2. The smallest absolute Gasteiger partial charge is 0.220 e. The van der Waals surface area contributed by atoms with Gasteiger partial charge in [-0.2, -0.15) is 0 Å². The average molecular weight is 403 g/mol. The van der Waals surface area contributed by atoms with Gasteiger partial charge in [0.15, 0.2) is 0 Å². The number of hydrogen-bond acceptors (Lipinski definition) is 3. The standard InChI is InChI=1S/C22H27ClN2OS/c23-20-9-11-21(12-10-20)27-15-5-8-22(26)24-16-18-6-1-2-7-19(18)17-25-13-3-4-14-25/h1-2,6-7,9-12H,3-5,8,13-17H2,(H,24,26). The van der Waals surface area contributed by atoms with Crippen LogP contribution in [0.1, 0.15) is 36.8 Å². The maximum Gasteiger partial charge on any atom is 0.220 e. The van der Waals surface area contributed by atoms with Crippen molar-refractivity contribution in [2.75, 3.05) is 18.8 Å². The normalized spacial score (nSPS) is 14.4. The summed E-state index contributed by atoms with van der Waals surface area (Å²) in [5.41, 5.74) is 2.56. The van der Waals surface area contributed by atoms with Crippen molar-refractivity contribution in [2.45, 2.75) is 43.7 Å². The SMILES string of the molecule is O=C(CCCSc1ccc(Cl)cc1)NCc1ccccc1CN1CCCC1. The third-order valence-electron chi connectivity index (χ3n) is 4.82. The highest BCUT2D eigenvalue weighted by atomic mass is 35.5. The van der Waals surface area contributed by atoms with Crippen LogP contribution in [0.4, 0.5) is 0 Å². The molecule has 0 aromatic heterocycles. The van der Waals surface area contributed by atoms with Crippen LogP contribution in [-0.4, -0.2) is 29.6 Å². The van der Waals surface area contributed by atoms with Crippen LogP contribution in [0.2, 0.25) is 5.02 Å². The van der Waals surface area contributed by atoms with Crippen molar-refractivity contribution in [1.82, 2.24) is 10.2 Å². The van der Waals surface area contributed by atoms with E-state index in [1.165, 1.54) is 42.0 Å². The zero-order valence-electron chi connectivity index (χ0n) is 15.6. The Kier molecular flexibility index (Phi) is 8.06. The van der Waals surface area contributed by atoms with E-state index in [9.17, 15) is 4.79 Å². The Morgan fingerprint density at radius 2 is 1.74 bits per heavy atom. The largest absolute Gasteiger partial charge is 0.352 e. The van der Waals surface area contributed by atoms with Crippen LogP contribution in [0.5, 0.6) is 0 Å². The molecule has 1 heterocycles. The van der Waals surface area contributed by atoms with E-state index in [0.29, 0.717) is 13.0 Å². The van der Waals surface area contributed by atoms with Crippen LogP contribution in [0.3, 0.4) is 0 Å². The van der Waals surface area contributed by atoms with E-state index in [1.54, 1.807) is 11.8 Å². The average Bonchev–Trinajstić information content (AvgIpc) is 3.19. The molecule has 1 fully saturated rings. The quantitative estimate of drug-likeness (QED) is 0.466. The second kappa shape index (κ2) is 10.7. The Morgan fingerprint density at radius 1 is 1.04 bits per heavy atom. The highest BCUT2D eigenvalue weighted by molar-refractivity contribution is 7.99. The van der Waals surface area contributed by atoms with E-state index < -0.39 is 0 Å². The zero-order valence-corrected chi connectivity index (χ0v) is 17.2. The summed E-state index contributed by atoms with van der Waals surface area (Å²) in [4.78, 5) is 15.9. The van der Waals surface area contributed by atoms with Gasteiger partial charge in [-0.3, -0.25) is 9.69 Å². The van der Waals surface area contributed by atoms with Gasteiger partial charge in [0.1, 0.15) is 0 Å². The minimum atomic E-state index is 0.127. The van der Waals surface area contributed by atoms with Crippen LogP contribution < -0.4 is 5.32 Å². The fourth-order valence-electron chi connectivity index (χ4n) is 3.30. The van der Waals surface area contributed by atoms with Crippen molar-refractivity contribution in [3.63, 3.8) is 0 Å². The fraction of sp³-hybridized carbons (Fsp3) is 0.409. The number of nitrogens with zero attached hydrogens (tertiary/aromatic N) is 1. The summed E-state index contributed by atoms with van der Waals surface area (Å²) in [7, 11) is 0. The van der Waals surface area contributed by atoms with Gasteiger partial charge in [-0.15, -0.1) is 11.8 Å². The lowest BCUT2D eigenvalue weighted by atomic mass is 10.1. The van der Waals surface area contributed by atoms with Crippen LogP contribution in [0.25, 0.3) is 0 Å². The Morgan fingerprint density at radius 3 is 2.48 bits per heavy atom. The van der Waals surface area contributed by atoms with Gasteiger partial charge in [-0.25, -0.2) is 0 Å². The monoisotopic (exact) mass is 402 g/mol.